The molecule has 3 rings (SSSR count). The molecule has 7 heteroatoms. The van der Waals surface area contributed by atoms with Crippen molar-refractivity contribution in [2.24, 2.45) is 0 Å². The van der Waals surface area contributed by atoms with Crippen LogP contribution in [0, 0.1) is 0 Å². The molecule has 1 N–H and O–H groups in total. The summed E-state index contributed by atoms with van der Waals surface area (Å²) in [6, 6.07) is 7.32. The second-order valence-corrected chi connectivity index (χ2v) is 7.56. The van der Waals surface area contributed by atoms with Crippen LogP contribution in [-0.2, 0) is 22.4 Å². The van der Waals surface area contributed by atoms with Gasteiger partial charge in [-0.15, -0.1) is 11.3 Å². The smallest absolute Gasteiger partial charge is 0.341 e. The first-order valence-electron chi connectivity index (χ1n) is 9.50. The van der Waals surface area contributed by atoms with E-state index in [4.69, 9.17) is 14.2 Å². The van der Waals surface area contributed by atoms with Gasteiger partial charge in [-0.2, -0.15) is 0 Å². The Balaban J connectivity index is 1.51. The van der Waals surface area contributed by atoms with Crippen LogP contribution in [0.15, 0.2) is 24.3 Å². The average molecular weight is 404 g/mol. The molecule has 0 saturated carbocycles. The van der Waals surface area contributed by atoms with Crippen LogP contribution in [0.1, 0.15) is 47.0 Å². The number of anilines is 1. The van der Waals surface area contributed by atoms with Crippen molar-refractivity contribution in [2.45, 2.75) is 39.0 Å². The third-order valence-corrected chi connectivity index (χ3v) is 5.74. The molecule has 0 fully saturated rings. The van der Waals surface area contributed by atoms with Gasteiger partial charge in [0.2, 0.25) is 5.91 Å². The lowest BCUT2D eigenvalue weighted by molar-refractivity contribution is -0.116. The van der Waals surface area contributed by atoms with Gasteiger partial charge in [0, 0.05) is 11.3 Å². The van der Waals surface area contributed by atoms with Crippen LogP contribution < -0.4 is 14.8 Å². The lowest BCUT2D eigenvalue weighted by atomic mass is 10.1. The van der Waals surface area contributed by atoms with Gasteiger partial charge in [-0.05, 0) is 62.4 Å². The molecule has 1 heterocycles. The maximum Gasteiger partial charge on any atom is 0.341 e. The maximum atomic E-state index is 12.3. The van der Waals surface area contributed by atoms with Gasteiger partial charge in [-0.3, -0.25) is 4.79 Å². The third kappa shape index (κ3) is 4.84. The molecule has 0 aliphatic heterocycles. The highest BCUT2D eigenvalue weighted by molar-refractivity contribution is 7.17. The molecule has 0 spiro atoms. The van der Waals surface area contributed by atoms with Gasteiger partial charge in [0.25, 0.3) is 0 Å². The van der Waals surface area contributed by atoms with Crippen molar-refractivity contribution in [3.63, 3.8) is 0 Å². The number of hydrogen-bond donors (Lipinski definition) is 1. The van der Waals surface area contributed by atoms with Crippen LogP contribution in [0.4, 0.5) is 5.00 Å². The lowest BCUT2D eigenvalue weighted by Crippen LogP contribution is -2.15. The fourth-order valence-electron chi connectivity index (χ4n) is 3.20. The summed E-state index contributed by atoms with van der Waals surface area (Å²) < 4.78 is 15.9. The Labute approximate surface area is 168 Å². The minimum absolute atomic E-state index is 0.121. The first kappa shape index (κ1) is 20.2. The Bertz CT molecular complexity index is 828. The molecule has 1 aromatic heterocycles. The summed E-state index contributed by atoms with van der Waals surface area (Å²) in [5.74, 6) is 1.04. The van der Waals surface area contributed by atoms with Gasteiger partial charge >= 0.3 is 5.97 Å². The zero-order valence-corrected chi connectivity index (χ0v) is 17.0. The van der Waals surface area contributed by atoms with Crippen LogP contribution >= 0.6 is 11.3 Å². The lowest BCUT2D eigenvalue weighted by Gasteiger charge is -2.09. The molecule has 150 valence electrons. The molecule has 1 aliphatic carbocycles. The topological polar surface area (TPSA) is 73.9 Å². The van der Waals surface area contributed by atoms with E-state index in [0.717, 1.165) is 36.3 Å². The standard InChI is InChI=1S/C21H25NO5S/c1-3-26-21(24)19-16-6-4-7-17(16)28-20(19)22-18(23)8-5-13-27-15-11-9-14(25-2)10-12-15/h9-12H,3-8,13H2,1-2H3,(H,22,23). The number of aryl methyl sites for hydroxylation is 1. The summed E-state index contributed by atoms with van der Waals surface area (Å²) in [7, 11) is 1.62. The Kier molecular flexibility index (Phi) is 6.92. The summed E-state index contributed by atoms with van der Waals surface area (Å²) in [6.07, 6.45) is 3.77. The quantitative estimate of drug-likeness (QED) is 0.501. The largest absolute Gasteiger partial charge is 0.497 e. The number of benzene rings is 1. The van der Waals surface area contributed by atoms with E-state index in [9.17, 15) is 9.59 Å². The normalized spacial score (nSPS) is 12.4. The number of ether oxygens (including phenoxy) is 3. The van der Waals surface area contributed by atoms with Crippen molar-refractivity contribution in [1.29, 1.82) is 0 Å². The van der Waals surface area contributed by atoms with Crippen molar-refractivity contribution in [3.05, 3.63) is 40.3 Å². The number of nitrogens with one attached hydrogen (secondary N) is 1. The summed E-state index contributed by atoms with van der Waals surface area (Å²) in [5.41, 5.74) is 1.59. The number of thiophene rings is 1. The SMILES string of the molecule is CCOC(=O)c1c(NC(=O)CCCOc2ccc(OC)cc2)sc2c1CCC2. The number of hydrogen-bond acceptors (Lipinski definition) is 6. The molecule has 28 heavy (non-hydrogen) atoms. The number of carbonyl (C=O) groups is 2. The molecule has 0 radical (unpaired) electrons. The number of amides is 1. The van der Waals surface area contributed by atoms with Crippen molar-refractivity contribution in [1.82, 2.24) is 0 Å². The summed E-state index contributed by atoms with van der Waals surface area (Å²) >= 11 is 1.49. The van der Waals surface area contributed by atoms with E-state index in [1.54, 1.807) is 14.0 Å². The van der Waals surface area contributed by atoms with E-state index >= 15 is 0 Å². The van der Waals surface area contributed by atoms with Crippen LogP contribution in [-0.4, -0.2) is 32.2 Å². The molecular weight excluding hydrogens is 378 g/mol. The average Bonchev–Trinajstić information content (AvgIpc) is 3.26. The third-order valence-electron chi connectivity index (χ3n) is 4.53. The molecule has 1 aliphatic rings. The van der Waals surface area contributed by atoms with E-state index in [2.05, 4.69) is 5.32 Å². The summed E-state index contributed by atoms with van der Waals surface area (Å²) in [5, 5.41) is 3.51. The number of methoxy groups -OCH3 is 1. The molecule has 2 aromatic rings. The highest BCUT2D eigenvalue weighted by Crippen LogP contribution is 2.39. The molecular formula is C21H25NO5S. The number of carbonyl (C=O) groups excluding carboxylic acids is 2. The Morgan fingerprint density at radius 2 is 1.89 bits per heavy atom. The van der Waals surface area contributed by atoms with Gasteiger partial charge in [-0.25, -0.2) is 4.79 Å². The highest BCUT2D eigenvalue weighted by atomic mass is 32.1. The van der Waals surface area contributed by atoms with E-state index < -0.39 is 0 Å². The Hall–Kier alpha value is -2.54. The summed E-state index contributed by atoms with van der Waals surface area (Å²) in [6.45, 7) is 2.54. The van der Waals surface area contributed by atoms with Gasteiger partial charge in [0.1, 0.15) is 16.5 Å². The predicted molar refractivity (Wildman–Crippen MR) is 109 cm³/mol. The molecule has 0 atom stereocenters. The first-order valence-corrected chi connectivity index (χ1v) is 10.3. The van der Waals surface area contributed by atoms with Gasteiger partial charge < -0.3 is 19.5 Å². The van der Waals surface area contributed by atoms with Crippen molar-refractivity contribution in [2.75, 3.05) is 25.6 Å². The molecule has 1 amide bonds. The summed E-state index contributed by atoms with van der Waals surface area (Å²) in [4.78, 5) is 25.9. The fraction of sp³-hybridized carbons (Fsp3) is 0.429. The zero-order chi connectivity index (χ0) is 19.9. The molecule has 0 unspecified atom stereocenters. The Morgan fingerprint density at radius 3 is 2.61 bits per heavy atom. The monoisotopic (exact) mass is 403 g/mol. The molecule has 0 bridgehead atoms. The number of esters is 1. The van der Waals surface area contributed by atoms with Crippen molar-refractivity contribution < 1.29 is 23.8 Å². The van der Waals surface area contributed by atoms with Crippen molar-refractivity contribution >= 4 is 28.2 Å². The van der Waals surface area contributed by atoms with Crippen LogP contribution in [0.3, 0.4) is 0 Å². The Morgan fingerprint density at radius 1 is 1.14 bits per heavy atom. The van der Waals surface area contributed by atoms with Gasteiger partial charge in [-0.1, -0.05) is 0 Å². The predicted octanol–water partition coefficient (Wildman–Crippen LogP) is 4.22. The van der Waals surface area contributed by atoms with Crippen LogP contribution in [0.2, 0.25) is 0 Å². The zero-order valence-electron chi connectivity index (χ0n) is 16.2. The van der Waals surface area contributed by atoms with Gasteiger partial charge in [0.15, 0.2) is 0 Å². The van der Waals surface area contributed by atoms with E-state index in [1.807, 2.05) is 24.3 Å². The van der Waals surface area contributed by atoms with Gasteiger partial charge in [0.05, 0.1) is 25.9 Å². The highest BCUT2D eigenvalue weighted by Gasteiger charge is 2.28. The van der Waals surface area contributed by atoms with Crippen molar-refractivity contribution in [3.8, 4) is 11.5 Å². The second-order valence-electron chi connectivity index (χ2n) is 6.46. The first-order chi connectivity index (χ1) is 13.6. The number of rotatable bonds is 9. The molecule has 6 nitrogen and oxygen atoms in total. The van der Waals surface area contributed by atoms with E-state index in [-0.39, 0.29) is 11.9 Å². The van der Waals surface area contributed by atoms with E-state index in [0.29, 0.717) is 36.6 Å². The fourth-order valence-corrected chi connectivity index (χ4v) is 4.49. The van der Waals surface area contributed by atoms with Crippen LogP contribution in [0.5, 0.6) is 11.5 Å². The molecule has 1 aromatic carbocycles. The second kappa shape index (κ2) is 9.59. The van der Waals surface area contributed by atoms with Crippen LogP contribution in [0.25, 0.3) is 0 Å². The minimum Gasteiger partial charge on any atom is -0.497 e. The van der Waals surface area contributed by atoms with E-state index in [1.165, 1.54) is 16.2 Å². The molecule has 0 saturated heterocycles. The number of fused-ring (bicyclic) bond motifs is 1. The minimum atomic E-state index is -0.347. The maximum absolute atomic E-state index is 12.3.